The standard InChI is InChI=1S/C14H25NO10/c1-4-8(18)10(20)11(21)14(23-4)25-12-6(3-16)24-13(22)7(9(12)19)15-5(2)17/h4,6-14,16,18-22H,3H2,1-2H3,(H,15,17)/t4-,6-,7-,8+,9-,10+,11-,12-,13-,14+/m1/s1. The number of ether oxygens (including phenoxy) is 3. The van der Waals surface area contributed by atoms with Crippen molar-refractivity contribution in [2.24, 2.45) is 0 Å². The third kappa shape index (κ3) is 4.27. The first-order chi connectivity index (χ1) is 11.7. The van der Waals surface area contributed by atoms with Gasteiger partial charge in [0.25, 0.3) is 0 Å². The Kier molecular flexibility index (Phi) is 6.70. The summed E-state index contributed by atoms with van der Waals surface area (Å²) in [5, 5.41) is 61.5. The highest BCUT2D eigenvalue weighted by Crippen LogP contribution is 2.28. The fourth-order valence-corrected chi connectivity index (χ4v) is 2.92. The Balaban J connectivity index is 2.15. The number of aliphatic hydroxyl groups excluding tert-OH is 6. The van der Waals surface area contributed by atoms with Crippen LogP contribution in [0.15, 0.2) is 0 Å². The summed E-state index contributed by atoms with van der Waals surface area (Å²) in [6.45, 7) is 2.01. The van der Waals surface area contributed by atoms with E-state index in [2.05, 4.69) is 5.32 Å². The van der Waals surface area contributed by atoms with Gasteiger partial charge in [0, 0.05) is 6.92 Å². The summed E-state index contributed by atoms with van der Waals surface area (Å²) in [5.41, 5.74) is 0. The molecular formula is C14H25NO10. The molecule has 2 aliphatic rings. The van der Waals surface area contributed by atoms with E-state index in [1.54, 1.807) is 0 Å². The van der Waals surface area contributed by atoms with E-state index in [1.165, 1.54) is 13.8 Å². The molecular weight excluding hydrogens is 342 g/mol. The van der Waals surface area contributed by atoms with E-state index in [-0.39, 0.29) is 0 Å². The zero-order chi connectivity index (χ0) is 18.9. The second kappa shape index (κ2) is 8.20. The molecule has 10 atom stereocenters. The van der Waals surface area contributed by atoms with Crippen LogP contribution in [0.4, 0.5) is 0 Å². The molecule has 0 aromatic carbocycles. The van der Waals surface area contributed by atoms with Crippen LogP contribution in [-0.2, 0) is 19.0 Å². The third-order valence-corrected chi connectivity index (χ3v) is 4.34. The first-order valence-electron chi connectivity index (χ1n) is 7.92. The van der Waals surface area contributed by atoms with Crippen LogP contribution in [0.5, 0.6) is 0 Å². The molecule has 0 saturated carbocycles. The number of aliphatic hydroxyl groups is 6. The minimum Gasteiger partial charge on any atom is -0.394 e. The molecule has 11 heteroatoms. The number of hydrogen-bond acceptors (Lipinski definition) is 10. The van der Waals surface area contributed by atoms with E-state index in [1.807, 2.05) is 0 Å². The van der Waals surface area contributed by atoms with Gasteiger partial charge in [-0.1, -0.05) is 0 Å². The third-order valence-electron chi connectivity index (χ3n) is 4.34. The van der Waals surface area contributed by atoms with Crippen LogP contribution < -0.4 is 5.32 Å². The normalized spacial score (nSPS) is 48.2. The van der Waals surface area contributed by atoms with Gasteiger partial charge in [-0.15, -0.1) is 0 Å². The van der Waals surface area contributed by atoms with Crippen LogP contribution in [-0.4, -0.2) is 105 Å². The van der Waals surface area contributed by atoms with Crippen molar-refractivity contribution in [3.8, 4) is 0 Å². The summed E-state index contributed by atoms with van der Waals surface area (Å²) in [6, 6.07) is -1.24. The second-order valence-corrected chi connectivity index (χ2v) is 6.25. The molecule has 0 aliphatic carbocycles. The Morgan fingerprint density at radius 3 is 2.24 bits per heavy atom. The minimum absolute atomic E-state index is 0.533. The van der Waals surface area contributed by atoms with Crippen LogP contribution in [0.25, 0.3) is 0 Å². The average molecular weight is 367 g/mol. The van der Waals surface area contributed by atoms with Gasteiger partial charge in [-0.3, -0.25) is 4.79 Å². The predicted molar refractivity (Wildman–Crippen MR) is 78.8 cm³/mol. The van der Waals surface area contributed by atoms with Crippen molar-refractivity contribution in [2.75, 3.05) is 6.61 Å². The zero-order valence-corrected chi connectivity index (χ0v) is 13.8. The van der Waals surface area contributed by atoms with Crippen LogP contribution in [0.3, 0.4) is 0 Å². The summed E-state index contributed by atoms with van der Waals surface area (Å²) < 4.78 is 15.9. The van der Waals surface area contributed by atoms with Crippen LogP contribution in [0.2, 0.25) is 0 Å². The smallest absolute Gasteiger partial charge is 0.217 e. The molecule has 146 valence electrons. The highest BCUT2D eigenvalue weighted by Gasteiger charge is 2.50. The summed E-state index contributed by atoms with van der Waals surface area (Å²) >= 11 is 0. The maximum absolute atomic E-state index is 11.2. The molecule has 25 heavy (non-hydrogen) atoms. The first kappa shape index (κ1) is 20.4. The molecule has 2 aliphatic heterocycles. The summed E-state index contributed by atoms with van der Waals surface area (Å²) in [5.74, 6) is -0.533. The average Bonchev–Trinajstić information content (AvgIpc) is 2.56. The molecule has 2 heterocycles. The van der Waals surface area contributed by atoms with Gasteiger partial charge in [0.15, 0.2) is 12.6 Å². The van der Waals surface area contributed by atoms with E-state index in [9.17, 15) is 35.4 Å². The minimum atomic E-state index is -1.62. The van der Waals surface area contributed by atoms with E-state index in [0.29, 0.717) is 0 Å². The molecule has 0 radical (unpaired) electrons. The van der Waals surface area contributed by atoms with Gasteiger partial charge in [-0.25, -0.2) is 0 Å². The van der Waals surface area contributed by atoms with E-state index in [4.69, 9.17) is 14.2 Å². The van der Waals surface area contributed by atoms with Crippen molar-refractivity contribution < 1.29 is 49.6 Å². The number of carbonyl (C=O) groups is 1. The lowest BCUT2D eigenvalue weighted by atomic mass is 9.95. The van der Waals surface area contributed by atoms with Crippen LogP contribution >= 0.6 is 0 Å². The quantitative estimate of drug-likeness (QED) is 0.257. The van der Waals surface area contributed by atoms with Gasteiger partial charge in [-0.05, 0) is 6.92 Å². The summed E-state index contributed by atoms with van der Waals surface area (Å²) in [7, 11) is 0. The van der Waals surface area contributed by atoms with E-state index in [0.717, 1.165) is 0 Å². The Bertz CT molecular complexity index is 465. The Morgan fingerprint density at radius 2 is 1.68 bits per heavy atom. The number of carbonyl (C=O) groups excluding carboxylic acids is 1. The van der Waals surface area contributed by atoms with Crippen LogP contribution in [0, 0.1) is 0 Å². The van der Waals surface area contributed by atoms with Gasteiger partial charge < -0.3 is 50.2 Å². The lowest BCUT2D eigenvalue weighted by molar-refractivity contribution is -0.341. The Labute approximate surface area is 143 Å². The molecule has 0 bridgehead atoms. The molecule has 0 aromatic heterocycles. The highest BCUT2D eigenvalue weighted by atomic mass is 16.7. The molecule has 2 fully saturated rings. The number of rotatable bonds is 4. The van der Waals surface area contributed by atoms with Crippen molar-refractivity contribution in [1.82, 2.24) is 5.32 Å². The maximum atomic E-state index is 11.2. The molecule has 2 rings (SSSR count). The topological polar surface area (TPSA) is 178 Å². The number of amides is 1. The lowest BCUT2D eigenvalue weighted by Crippen LogP contribution is -2.66. The van der Waals surface area contributed by atoms with Crippen LogP contribution in [0.1, 0.15) is 13.8 Å². The van der Waals surface area contributed by atoms with Crippen molar-refractivity contribution in [2.45, 2.75) is 75.2 Å². The van der Waals surface area contributed by atoms with E-state index >= 15 is 0 Å². The largest absolute Gasteiger partial charge is 0.394 e. The van der Waals surface area contributed by atoms with Gasteiger partial charge in [0.2, 0.25) is 5.91 Å². The second-order valence-electron chi connectivity index (χ2n) is 6.25. The maximum Gasteiger partial charge on any atom is 0.217 e. The Morgan fingerprint density at radius 1 is 1.04 bits per heavy atom. The summed E-state index contributed by atoms with van der Waals surface area (Å²) in [6.07, 6.45) is -12.3. The van der Waals surface area contributed by atoms with Gasteiger partial charge in [0.05, 0.1) is 12.7 Å². The SMILES string of the molecule is CC(=O)N[C@@H]1[C@@H](O)[C@H](O[C@@H]2O[C@H](C)[C@H](O)[C@H](O)[C@H]2O)[C@@H](CO)O[C@H]1O. The predicted octanol–water partition coefficient (Wildman–Crippen LogP) is -4.23. The first-order valence-corrected chi connectivity index (χ1v) is 7.92. The Hall–Kier alpha value is -0.890. The van der Waals surface area contributed by atoms with Crippen molar-refractivity contribution in [3.05, 3.63) is 0 Å². The highest BCUT2D eigenvalue weighted by molar-refractivity contribution is 5.73. The molecule has 7 N–H and O–H groups in total. The van der Waals surface area contributed by atoms with Crippen molar-refractivity contribution in [1.29, 1.82) is 0 Å². The fraction of sp³-hybridized carbons (Fsp3) is 0.929. The molecule has 0 aromatic rings. The fourth-order valence-electron chi connectivity index (χ4n) is 2.92. The summed E-state index contributed by atoms with van der Waals surface area (Å²) in [4.78, 5) is 11.2. The molecule has 0 unspecified atom stereocenters. The molecule has 1 amide bonds. The van der Waals surface area contributed by atoms with Crippen molar-refractivity contribution in [3.63, 3.8) is 0 Å². The number of nitrogens with one attached hydrogen (secondary N) is 1. The molecule has 0 spiro atoms. The number of hydrogen-bond donors (Lipinski definition) is 7. The monoisotopic (exact) mass is 367 g/mol. The van der Waals surface area contributed by atoms with Crippen molar-refractivity contribution >= 4 is 5.91 Å². The van der Waals surface area contributed by atoms with E-state index < -0.39 is 73.9 Å². The lowest BCUT2D eigenvalue weighted by Gasteiger charge is -2.46. The molecule has 2 saturated heterocycles. The van der Waals surface area contributed by atoms with Gasteiger partial charge in [-0.2, -0.15) is 0 Å². The molecule has 11 nitrogen and oxygen atoms in total. The zero-order valence-electron chi connectivity index (χ0n) is 13.8. The van der Waals surface area contributed by atoms with Gasteiger partial charge >= 0.3 is 0 Å². The van der Waals surface area contributed by atoms with Gasteiger partial charge in [0.1, 0.15) is 42.7 Å².